The minimum absolute atomic E-state index is 0.222. The first-order chi connectivity index (χ1) is 11.7. The summed E-state index contributed by atoms with van der Waals surface area (Å²) in [4.78, 5) is 15.2. The summed E-state index contributed by atoms with van der Waals surface area (Å²) in [6.07, 6.45) is -0.783. The van der Waals surface area contributed by atoms with Crippen molar-refractivity contribution < 1.29 is 23.7 Å². The third-order valence-electron chi connectivity index (χ3n) is 3.88. The van der Waals surface area contributed by atoms with E-state index in [9.17, 15) is 4.79 Å². The van der Waals surface area contributed by atoms with Gasteiger partial charge < -0.3 is 18.9 Å². The minimum atomic E-state index is -0.843. The molecule has 0 aliphatic carbocycles. The van der Waals surface area contributed by atoms with E-state index in [0.29, 0.717) is 12.2 Å². The highest BCUT2D eigenvalue weighted by Gasteiger charge is 2.53. The number of benzene rings is 1. The molecule has 2 unspecified atom stereocenters. The number of carbonyl (C=O) groups is 1. The van der Waals surface area contributed by atoms with Crippen LogP contribution in [0.1, 0.15) is 10.4 Å². The molecule has 8 nitrogen and oxygen atoms in total. The number of fused-ring (bicyclic) bond motifs is 1. The van der Waals surface area contributed by atoms with Gasteiger partial charge in [-0.3, -0.25) is 0 Å². The van der Waals surface area contributed by atoms with Gasteiger partial charge in [0.25, 0.3) is 0 Å². The molecular weight excluding hydrogens is 314 g/mol. The lowest BCUT2D eigenvalue weighted by molar-refractivity contribution is -0.321. The Morgan fingerprint density at radius 2 is 2.25 bits per heavy atom. The molecule has 0 bridgehead atoms. The van der Waals surface area contributed by atoms with Crippen LogP contribution in [-0.2, 0) is 18.9 Å². The van der Waals surface area contributed by atoms with Crippen molar-refractivity contribution in [2.75, 3.05) is 13.2 Å². The Hall–Kier alpha value is -2.38. The van der Waals surface area contributed by atoms with Crippen LogP contribution in [0.15, 0.2) is 48.1 Å². The molecule has 0 N–H and O–H groups in total. The largest absolute Gasteiger partial charge is 0.455 e. The van der Waals surface area contributed by atoms with E-state index in [2.05, 4.69) is 16.6 Å². The van der Waals surface area contributed by atoms with E-state index in [1.807, 2.05) is 0 Å². The van der Waals surface area contributed by atoms with Crippen LogP contribution >= 0.6 is 0 Å². The maximum absolute atomic E-state index is 12.3. The maximum atomic E-state index is 12.3. The molecule has 0 amide bonds. The first-order valence-corrected chi connectivity index (χ1v) is 7.54. The van der Waals surface area contributed by atoms with Gasteiger partial charge in [0, 0.05) is 4.91 Å². The van der Waals surface area contributed by atoms with E-state index in [0.717, 1.165) is 0 Å². The average molecular weight is 331 g/mol. The van der Waals surface area contributed by atoms with Crippen molar-refractivity contribution in [1.29, 1.82) is 0 Å². The molecule has 0 aromatic heterocycles. The highest BCUT2D eigenvalue weighted by Crippen LogP contribution is 2.34. The summed E-state index contributed by atoms with van der Waals surface area (Å²) >= 11 is 0. The number of nitrogens with zero attached hydrogens (tertiary/aromatic N) is 3. The molecule has 24 heavy (non-hydrogen) atoms. The summed E-state index contributed by atoms with van der Waals surface area (Å²) in [5, 5.41) is 3.70. The van der Waals surface area contributed by atoms with Gasteiger partial charge in [-0.1, -0.05) is 29.4 Å². The summed E-state index contributed by atoms with van der Waals surface area (Å²) in [5.41, 5.74) is 9.25. The standard InChI is InChI=1S/C16H17N3O5/c1-2-8-21-16-12(18-19-17)14(13-11(23-16)9-22-13)24-15(20)10-6-4-3-5-7-10/h2-7,11-14,16H,1,8-9H2/t11?,12?,13-,14+,16-/m0/s1. The number of rotatable bonds is 6. The summed E-state index contributed by atoms with van der Waals surface area (Å²) in [6.45, 7) is 4.18. The first-order valence-electron chi connectivity index (χ1n) is 7.54. The molecule has 0 saturated carbocycles. The zero-order chi connectivity index (χ0) is 16.9. The van der Waals surface area contributed by atoms with Gasteiger partial charge in [-0.15, -0.1) is 6.58 Å². The molecule has 2 aliphatic heterocycles. The molecular formula is C16H17N3O5. The minimum Gasteiger partial charge on any atom is -0.455 e. The van der Waals surface area contributed by atoms with Gasteiger partial charge in [0.2, 0.25) is 0 Å². The van der Waals surface area contributed by atoms with Crippen molar-refractivity contribution in [3.05, 3.63) is 59.0 Å². The fraction of sp³-hybridized carbons (Fsp3) is 0.438. The number of carbonyl (C=O) groups excluding carboxylic acids is 1. The number of ether oxygens (including phenoxy) is 4. The lowest BCUT2D eigenvalue weighted by atomic mass is 9.93. The number of azide groups is 1. The molecule has 3 rings (SSSR count). The van der Waals surface area contributed by atoms with Crippen LogP contribution in [0.2, 0.25) is 0 Å². The van der Waals surface area contributed by atoms with Crippen LogP contribution in [0, 0.1) is 0 Å². The predicted octanol–water partition coefficient (Wildman–Crippen LogP) is 2.22. The Balaban J connectivity index is 1.80. The molecule has 1 aromatic rings. The summed E-state index contributed by atoms with van der Waals surface area (Å²) in [6, 6.07) is 7.74. The molecule has 2 saturated heterocycles. The van der Waals surface area contributed by atoms with Crippen LogP contribution in [0.4, 0.5) is 0 Å². The molecule has 2 heterocycles. The van der Waals surface area contributed by atoms with E-state index in [4.69, 9.17) is 24.5 Å². The van der Waals surface area contributed by atoms with E-state index >= 15 is 0 Å². The second-order valence-electron chi connectivity index (χ2n) is 5.39. The van der Waals surface area contributed by atoms with E-state index < -0.39 is 30.5 Å². The van der Waals surface area contributed by atoms with Crippen molar-refractivity contribution in [3.63, 3.8) is 0 Å². The van der Waals surface area contributed by atoms with Crippen LogP contribution in [0.25, 0.3) is 10.4 Å². The van der Waals surface area contributed by atoms with Crippen LogP contribution in [-0.4, -0.2) is 49.8 Å². The molecule has 0 spiro atoms. The number of hydrogen-bond acceptors (Lipinski definition) is 6. The van der Waals surface area contributed by atoms with Crippen LogP contribution < -0.4 is 0 Å². The Morgan fingerprint density at radius 3 is 2.88 bits per heavy atom. The molecule has 126 valence electrons. The monoisotopic (exact) mass is 331 g/mol. The van der Waals surface area contributed by atoms with Crippen molar-refractivity contribution >= 4 is 5.97 Å². The summed E-state index contributed by atoms with van der Waals surface area (Å²) in [5.74, 6) is -0.516. The zero-order valence-electron chi connectivity index (χ0n) is 12.9. The SMILES string of the molecule is C=CCO[C@H]1OC2CO[C@@H]2[C@H](OC(=O)c2ccccc2)C1N=[N+]=[N-]. The van der Waals surface area contributed by atoms with Crippen LogP contribution in [0.3, 0.4) is 0 Å². The maximum Gasteiger partial charge on any atom is 0.338 e. The van der Waals surface area contributed by atoms with E-state index in [1.54, 1.807) is 36.4 Å². The lowest BCUT2D eigenvalue weighted by Crippen LogP contribution is -2.66. The van der Waals surface area contributed by atoms with Crippen molar-refractivity contribution in [1.82, 2.24) is 0 Å². The highest BCUT2D eigenvalue weighted by atomic mass is 16.7. The fourth-order valence-corrected chi connectivity index (χ4v) is 2.69. The van der Waals surface area contributed by atoms with Gasteiger partial charge in [-0.25, -0.2) is 4.79 Å². The number of esters is 1. The molecule has 1 aromatic carbocycles. The smallest absolute Gasteiger partial charge is 0.338 e. The van der Waals surface area contributed by atoms with Crippen LogP contribution in [0.5, 0.6) is 0 Å². The van der Waals surface area contributed by atoms with Gasteiger partial charge in [0.1, 0.15) is 24.4 Å². The third-order valence-corrected chi connectivity index (χ3v) is 3.88. The van der Waals surface area contributed by atoms with Crippen molar-refractivity contribution in [3.8, 4) is 0 Å². The second kappa shape index (κ2) is 7.46. The fourth-order valence-electron chi connectivity index (χ4n) is 2.69. The lowest BCUT2D eigenvalue weighted by Gasteiger charge is -2.49. The molecule has 5 atom stereocenters. The van der Waals surface area contributed by atoms with Gasteiger partial charge in [-0.2, -0.15) is 0 Å². The Bertz CT molecular complexity index is 646. The molecule has 8 heteroatoms. The molecule has 2 aliphatic rings. The predicted molar refractivity (Wildman–Crippen MR) is 83.1 cm³/mol. The van der Waals surface area contributed by atoms with Gasteiger partial charge in [0.15, 0.2) is 6.29 Å². The average Bonchev–Trinajstić information content (AvgIpc) is 2.58. The third kappa shape index (κ3) is 3.27. The Kier molecular flexibility index (Phi) is 5.12. The van der Waals surface area contributed by atoms with Gasteiger partial charge in [-0.05, 0) is 17.7 Å². The Labute approximate surface area is 138 Å². The second-order valence-corrected chi connectivity index (χ2v) is 5.39. The van der Waals surface area contributed by atoms with E-state index in [-0.39, 0.29) is 12.7 Å². The molecule has 2 fully saturated rings. The van der Waals surface area contributed by atoms with Gasteiger partial charge in [0.05, 0.1) is 18.8 Å². The Morgan fingerprint density at radius 1 is 1.46 bits per heavy atom. The normalized spacial score (nSPS) is 31.1. The number of hydrogen-bond donors (Lipinski definition) is 0. The van der Waals surface area contributed by atoms with Crippen molar-refractivity contribution in [2.45, 2.75) is 30.6 Å². The topological polar surface area (TPSA) is 103 Å². The first kappa shape index (κ1) is 16.5. The van der Waals surface area contributed by atoms with Crippen molar-refractivity contribution in [2.24, 2.45) is 5.11 Å². The summed E-state index contributed by atoms with van der Waals surface area (Å²) < 4.78 is 22.3. The molecule has 0 radical (unpaired) electrons. The highest BCUT2D eigenvalue weighted by molar-refractivity contribution is 5.89. The zero-order valence-corrected chi connectivity index (χ0v) is 12.9. The quantitative estimate of drug-likeness (QED) is 0.261. The van der Waals surface area contributed by atoms with Gasteiger partial charge >= 0.3 is 5.97 Å². The summed E-state index contributed by atoms with van der Waals surface area (Å²) in [7, 11) is 0. The van der Waals surface area contributed by atoms with E-state index in [1.165, 1.54) is 0 Å².